The maximum Gasteiger partial charge on any atom is 0.274 e. The molecule has 1 rings (SSSR count). The van der Waals surface area contributed by atoms with Gasteiger partial charge in [-0.05, 0) is 25.8 Å². The molecule has 0 saturated heterocycles. The van der Waals surface area contributed by atoms with Gasteiger partial charge in [0.05, 0.1) is 18.1 Å². The predicted molar refractivity (Wildman–Crippen MR) is 78.3 cm³/mol. The number of nitro benzene ring substituents is 1. The molecule has 6 heteroatoms. The fraction of sp³-hybridized carbons (Fsp3) is 0.571. The second kappa shape index (κ2) is 9.28. The molecule has 0 saturated carbocycles. The standard InChI is InChI=1S/C14H22N2O4/c1-12-13(6-5-7-14(12)16(17)18)15-8-3-4-9-20-11-10-19-2/h5-7,15H,3-4,8-11H2,1-2H3. The van der Waals surface area contributed by atoms with Crippen LogP contribution in [-0.2, 0) is 9.47 Å². The summed E-state index contributed by atoms with van der Waals surface area (Å²) in [5.41, 5.74) is 1.64. The highest BCUT2D eigenvalue weighted by atomic mass is 16.6. The zero-order valence-corrected chi connectivity index (χ0v) is 12.1. The third-order valence-corrected chi connectivity index (χ3v) is 2.96. The molecule has 6 nitrogen and oxygen atoms in total. The molecule has 0 aliphatic carbocycles. The van der Waals surface area contributed by atoms with E-state index in [-0.39, 0.29) is 10.6 Å². The summed E-state index contributed by atoms with van der Waals surface area (Å²) in [6, 6.07) is 5.07. The Morgan fingerprint density at radius 3 is 2.75 bits per heavy atom. The van der Waals surface area contributed by atoms with Gasteiger partial charge in [-0.25, -0.2) is 0 Å². The van der Waals surface area contributed by atoms with Crippen molar-refractivity contribution in [2.45, 2.75) is 19.8 Å². The van der Waals surface area contributed by atoms with Gasteiger partial charge in [0.1, 0.15) is 0 Å². The second-order valence-corrected chi connectivity index (χ2v) is 4.45. The van der Waals surface area contributed by atoms with Crippen LogP contribution in [-0.4, -0.2) is 38.4 Å². The molecule has 0 atom stereocenters. The Morgan fingerprint density at radius 2 is 2.05 bits per heavy atom. The van der Waals surface area contributed by atoms with Crippen LogP contribution in [0.15, 0.2) is 18.2 Å². The summed E-state index contributed by atoms with van der Waals surface area (Å²) in [5.74, 6) is 0. The van der Waals surface area contributed by atoms with Crippen molar-refractivity contribution < 1.29 is 14.4 Å². The van der Waals surface area contributed by atoms with Gasteiger partial charge in [-0.15, -0.1) is 0 Å². The van der Waals surface area contributed by atoms with Crippen LogP contribution in [0, 0.1) is 17.0 Å². The van der Waals surface area contributed by atoms with E-state index in [9.17, 15) is 10.1 Å². The highest BCUT2D eigenvalue weighted by Crippen LogP contribution is 2.24. The molecule has 0 aliphatic heterocycles. The van der Waals surface area contributed by atoms with E-state index in [1.165, 1.54) is 6.07 Å². The third kappa shape index (κ3) is 5.54. The minimum Gasteiger partial charge on any atom is -0.385 e. The molecule has 1 aromatic carbocycles. The fourth-order valence-electron chi connectivity index (χ4n) is 1.81. The average Bonchev–Trinajstić information content (AvgIpc) is 2.43. The lowest BCUT2D eigenvalue weighted by Crippen LogP contribution is -2.07. The topological polar surface area (TPSA) is 73.6 Å². The molecule has 0 amide bonds. The van der Waals surface area contributed by atoms with E-state index in [1.54, 1.807) is 20.1 Å². The van der Waals surface area contributed by atoms with Crippen LogP contribution in [0.3, 0.4) is 0 Å². The van der Waals surface area contributed by atoms with Crippen LogP contribution in [0.25, 0.3) is 0 Å². The first kappa shape index (κ1) is 16.4. The molecule has 0 aliphatic rings. The van der Waals surface area contributed by atoms with E-state index in [0.29, 0.717) is 25.4 Å². The van der Waals surface area contributed by atoms with Crippen molar-refractivity contribution in [3.8, 4) is 0 Å². The van der Waals surface area contributed by atoms with Gasteiger partial charge in [-0.3, -0.25) is 10.1 Å². The first-order chi connectivity index (χ1) is 9.66. The first-order valence-corrected chi connectivity index (χ1v) is 6.71. The smallest absolute Gasteiger partial charge is 0.274 e. The van der Waals surface area contributed by atoms with Crippen molar-refractivity contribution in [2.75, 3.05) is 38.8 Å². The van der Waals surface area contributed by atoms with E-state index in [4.69, 9.17) is 9.47 Å². The second-order valence-electron chi connectivity index (χ2n) is 4.45. The number of nitrogens with one attached hydrogen (secondary N) is 1. The number of anilines is 1. The van der Waals surface area contributed by atoms with Crippen molar-refractivity contribution in [1.82, 2.24) is 0 Å². The van der Waals surface area contributed by atoms with Gasteiger partial charge in [-0.2, -0.15) is 0 Å². The Hall–Kier alpha value is -1.66. The first-order valence-electron chi connectivity index (χ1n) is 6.71. The van der Waals surface area contributed by atoms with Crippen LogP contribution >= 0.6 is 0 Å². The SMILES string of the molecule is COCCOCCCCNc1cccc([N+](=O)[O-])c1C. The van der Waals surface area contributed by atoms with Crippen molar-refractivity contribution in [3.05, 3.63) is 33.9 Å². The van der Waals surface area contributed by atoms with Gasteiger partial charge in [0, 0.05) is 37.6 Å². The van der Waals surface area contributed by atoms with Gasteiger partial charge in [0.2, 0.25) is 0 Å². The molecule has 0 unspecified atom stereocenters. The summed E-state index contributed by atoms with van der Waals surface area (Å²) >= 11 is 0. The number of benzene rings is 1. The van der Waals surface area contributed by atoms with E-state index in [2.05, 4.69) is 5.32 Å². The van der Waals surface area contributed by atoms with Crippen molar-refractivity contribution in [1.29, 1.82) is 0 Å². The highest BCUT2D eigenvalue weighted by Gasteiger charge is 2.12. The van der Waals surface area contributed by atoms with Gasteiger partial charge in [-0.1, -0.05) is 6.07 Å². The van der Waals surface area contributed by atoms with E-state index in [1.807, 2.05) is 6.07 Å². The molecule has 0 fully saturated rings. The number of nitrogens with zero attached hydrogens (tertiary/aromatic N) is 1. The molecular weight excluding hydrogens is 260 g/mol. The number of rotatable bonds is 10. The molecule has 112 valence electrons. The number of ether oxygens (including phenoxy) is 2. The highest BCUT2D eigenvalue weighted by molar-refractivity contribution is 5.59. The normalized spacial score (nSPS) is 10.5. The van der Waals surface area contributed by atoms with Crippen molar-refractivity contribution in [3.63, 3.8) is 0 Å². The minimum absolute atomic E-state index is 0.151. The summed E-state index contributed by atoms with van der Waals surface area (Å²) in [7, 11) is 1.65. The van der Waals surface area contributed by atoms with Crippen molar-refractivity contribution in [2.24, 2.45) is 0 Å². The van der Waals surface area contributed by atoms with E-state index >= 15 is 0 Å². The summed E-state index contributed by atoms with van der Waals surface area (Å²) in [4.78, 5) is 10.5. The lowest BCUT2D eigenvalue weighted by molar-refractivity contribution is -0.385. The summed E-state index contributed by atoms with van der Waals surface area (Å²) in [5, 5.41) is 14.1. The molecule has 1 N–H and O–H groups in total. The zero-order valence-electron chi connectivity index (χ0n) is 12.1. The lowest BCUT2D eigenvalue weighted by Gasteiger charge is -2.09. The molecule has 1 aromatic rings. The molecular formula is C14H22N2O4. The molecule has 0 aromatic heterocycles. The third-order valence-electron chi connectivity index (χ3n) is 2.96. The molecule has 0 bridgehead atoms. The monoisotopic (exact) mass is 282 g/mol. The van der Waals surface area contributed by atoms with Gasteiger partial charge in [0.25, 0.3) is 5.69 Å². The number of methoxy groups -OCH3 is 1. The average molecular weight is 282 g/mol. The molecule has 20 heavy (non-hydrogen) atoms. The van der Waals surface area contributed by atoms with Crippen LogP contribution in [0.5, 0.6) is 0 Å². The maximum atomic E-state index is 10.8. The molecule has 0 spiro atoms. The zero-order chi connectivity index (χ0) is 14.8. The van der Waals surface area contributed by atoms with E-state index < -0.39 is 0 Å². The quantitative estimate of drug-likeness (QED) is 0.406. The summed E-state index contributed by atoms with van der Waals surface area (Å²) < 4.78 is 10.2. The molecule has 0 heterocycles. The predicted octanol–water partition coefficient (Wildman–Crippen LogP) is 2.76. The Labute approximate surface area is 119 Å². The Morgan fingerprint density at radius 1 is 1.25 bits per heavy atom. The number of nitro groups is 1. The number of unbranched alkanes of at least 4 members (excludes halogenated alkanes) is 1. The summed E-state index contributed by atoms with van der Waals surface area (Å²) in [6.45, 7) is 4.47. The van der Waals surface area contributed by atoms with Gasteiger partial charge >= 0.3 is 0 Å². The van der Waals surface area contributed by atoms with Crippen molar-refractivity contribution >= 4 is 11.4 Å². The lowest BCUT2D eigenvalue weighted by atomic mass is 10.1. The van der Waals surface area contributed by atoms with E-state index in [0.717, 1.165) is 25.1 Å². The fourth-order valence-corrected chi connectivity index (χ4v) is 1.81. The van der Waals surface area contributed by atoms with Gasteiger partial charge in [0.15, 0.2) is 0 Å². The minimum atomic E-state index is -0.357. The maximum absolute atomic E-state index is 10.8. The Bertz CT molecular complexity index is 424. The Balaban J connectivity index is 2.25. The van der Waals surface area contributed by atoms with Gasteiger partial charge < -0.3 is 14.8 Å². The Kier molecular flexibility index (Phi) is 7.60. The van der Waals surface area contributed by atoms with Crippen LogP contribution in [0.1, 0.15) is 18.4 Å². The van der Waals surface area contributed by atoms with Crippen LogP contribution in [0.4, 0.5) is 11.4 Å². The van der Waals surface area contributed by atoms with Crippen LogP contribution in [0.2, 0.25) is 0 Å². The number of hydrogen-bond acceptors (Lipinski definition) is 5. The summed E-state index contributed by atoms with van der Waals surface area (Å²) in [6.07, 6.45) is 1.90. The van der Waals surface area contributed by atoms with Crippen LogP contribution < -0.4 is 5.32 Å². The largest absolute Gasteiger partial charge is 0.385 e. The molecule has 0 radical (unpaired) electrons. The number of hydrogen-bond donors (Lipinski definition) is 1.